The Balaban J connectivity index is 3.15. The third-order valence-corrected chi connectivity index (χ3v) is 3.59. The molecule has 0 aromatic heterocycles. The van der Waals surface area contributed by atoms with Gasteiger partial charge < -0.3 is 10.8 Å². The molecule has 0 saturated carbocycles. The zero-order valence-electron chi connectivity index (χ0n) is 9.88. The highest BCUT2D eigenvalue weighted by Gasteiger charge is 2.37. The Morgan fingerprint density at radius 3 is 2.00 bits per heavy atom. The molecule has 6 nitrogen and oxygen atoms in total. The number of hydrogen-bond donors (Lipinski definition) is 2. The second kappa shape index (κ2) is 4.51. The highest BCUT2D eigenvalue weighted by molar-refractivity contribution is 7.90. The van der Waals surface area contributed by atoms with Crippen molar-refractivity contribution >= 4 is 21.6 Å². The summed E-state index contributed by atoms with van der Waals surface area (Å²) in [6.07, 6.45) is 1.04. The molecule has 1 unspecified atom stereocenters. The number of aliphatic carboxylic acids is 1. The second-order valence-electron chi connectivity index (χ2n) is 4.13. The number of nitrogens with two attached hydrogens (primary N) is 1. The van der Waals surface area contributed by atoms with Crippen molar-refractivity contribution in [3.8, 4) is 0 Å². The zero-order chi connectivity index (χ0) is 14.1. The van der Waals surface area contributed by atoms with Crippen molar-refractivity contribution in [2.45, 2.75) is 17.4 Å². The molecule has 0 radical (unpaired) electrons. The second-order valence-corrected chi connectivity index (χ2v) is 6.15. The molecule has 98 valence electrons. The first-order chi connectivity index (χ1) is 8.06. The quantitative estimate of drug-likeness (QED) is 0.591. The number of hydrogen-bond acceptors (Lipinski definition) is 5. The molecular weight excluding hydrogens is 258 g/mol. The minimum Gasteiger partial charge on any atom is -0.480 e. The van der Waals surface area contributed by atoms with E-state index in [0.29, 0.717) is 0 Å². The number of carboxylic acid groups (broad SMARTS) is 1. The molecule has 0 aliphatic carbocycles. The van der Waals surface area contributed by atoms with Crippen LogP contribution < -0.4 is 5.73 Å². The summed E-state index contributed by atoms with van der Waals surface area (Å²) < 4.78 is 22.4. The van der Waals surface area contributed by atoms with E-state index < -0.39 is 27.1 Å². The summed E-state index contributed by atoms with van der Waals surface area (Å²) in [6, 6.07) is 4.96. The van der Waals surface area contributed by atoms with Crippen molar-refractivity contribution < 1.29 is 23.1 Å². The molecule has 0 bridgehead atoms. The lowest BCUT2D eigenvalue weighted by molar-refractivity contribution is -0.140. The van der Waals surface area contributed by atoms with Gasteiger partial charge in [-0.3, -0.25) is 4.79 Å². The van der Waals surface area contributed by atoms with Gasteiger partial charge in [-0.25, -0.2) is 13.2 Å². The Bertz CT molecular complexity index is 586. The van der Waals surface area contributed by atoms with Crippen LogP contribution in [0.3, 0.4) is 0 Å². The molecule has 0 aliphatic heterocycles. The normalized spacial score (nSPS) is 14.8. The molecular formula is C11H13NO5S. The monoisotopic (exact) mass is 271 g/mol. The summed E-state index contributed by atoms with van der Waals surface area (Å²) in [6.45, 7) is 1.09. The lowest BCUT2D eigenvalue weighted by atomic mass is 9.92. The van der Waals surface area contributed by atoms with Crippen LogP contribution in [-0.4, -0.2) is 37.1 Å². The van der Waals surface area contributed by atoms with E-state index in [1.165, 1.54) is 24.3 Å². The predicted octanol–water partition coefficient (Wildman–Crippen LogP) is 0.0748. The van der Waals surface area contributed by atoms with E-state index in [-0.39, 0.29) is 10.5 Å². The van der Waals surface area contributed by atoms with E-state index in [4.69, 9.17) is 10.8 Å². The minimum absolute atomic E-state index is 0.0492. The van der Waals surface area contributed by atoms with Gasteiger partial charge in [0.15, 0.2) is 21.2 Å². The van der Waals surface area contributed by atoms with Crippen LogP contribution in [-0.2, 0) is 14.6 Å². The van der Waals surface area contributed by atoms with Crippen LogP contribution in [0, 0.1) is 0 Å². The maximum absolute atomic E-state index is 11.8. The van der Waals surface area contributed by atoms with Gasteiger partial charge in [-0.1, -0.05) is 12.1 Å². The van der Waals surface area contributed by atoms with Crippen LogP contribution in [0.15, 0.2) is 29.2 Å². The smallest absolute Gasteiger partial charge is 0.331 e. The molecule has 1 rings (SSSR count). The van der Waals surface area contributed by atoms with Crippen molar-refractivity contribution in [1.82, 2.24) is 0 Å². The standard InChI is InChI=1S/C11H13NO5S/c1-11(12,10(14)15)9(13)7-3-5-8(6-4-7)18(2,16)17/h3-6H,12H2,1-2H3,(H,14,15). The fraction of sp³-hybridized carbons (Fsp3) is 0.273. The topological polar surface area (TPSA) is 115 Å². The molecule has 0 fully saturated rings. The maximum Gasteiger partial charge on any atom is 0.331 e. The molecule has 0 heterocycles. The van der Waals surface area contributed by atoms with Gasteiger partial charge in [0, 0.05) is 11.8 Å². The van der Waals surface area contributed by atoms with E-state index in [1.807, 2.05) is 0 Å². The fourth-order valence-corrected chi connectivity index (χ4v) is 1.88. The molecule has 1 aromatic rings. The van der Waals surface area contributed by atoms with Crippen LogP contribution >= 0.6 is 0 Å². The zero-order valence-corrected chi connectivity index (χ0v) is 10.7. The lowest BCUT2D eigenvalue weighted by Crippen LogP contribution is -2.52. The van der Waals surface area contributed by atoms with Gasteiger partial charge in [-0.05, 0) is 19.1 Å². The molecule has 1 aromatic carbocycles. The maximum atomic E-state index is 11.8. The number of Topliss-reactive ketones (excluding diaryl/α,β-unsaturated/α-hetero) is 1. The predicted molar refractivity (Wildman–Crippen MR) is 64.1 cm³/mol. The molecule has 7 heteroatoms. The van der Waals surface area contributed by atoms with Gasteiger partial charge in [-0.15, -0.1) is 0 Å². The lowest BCUT2D eigenvalue weighted by Gasteiger charge is -2.17. The Morgan fingerprint density at radius 1 is 1.22 bits per heavy atom. The molecule has 0 spiro atoms. The van der Waals surface area contributed by atoms with E-state index >= 15 is 0 Å². The van der Waals surface area contributed by atoms with Gasteiger partial charge in [0.25, 0.3) is 0 Å². The Kier molecular flexibility index (Phi) is 3.59. The van der Waals surface area contributed by atoms with Gasteiger partial charge in [0.1, 0.15) is 0 Å². The number of benzene rings is 1. The number of sulfone groups is 1. The first kappa shape index (κ1) is 14.3. The van der Waals surface area contributed by atoms with Crippen molar-refractivity contribution in [2.75, 3.05) is 6.26 Å². The fourth-order valence-electron chi connectivity index (χ4n) is 1.25. The molecule has 0 amide bonds. The molecule has 3 N–H and O–H groups in total. The van der Waals surface area contributed by atoms with E-state index in [0.717, 1.165) is 13.2 Å². The van der Waals surface area contributed by atoms with E-state index in [2.05, 4.69) is 0 Å². The SMILES string of the molecule is CC(N)(C(=O)O)C(=O)c1ccc(S(C)(=O)=O)cc1. The van der Waals surface area contributed by atoms with Gasteiger partial charge >= 0.3 is 5.97 Å². The van der Waals surface area contributed by atoms with Crippen LogP contribution in [0.1, 0.15) is 17.3 Å². The number of carbonyl (C=O) groups excluding carboxylic acids is 1. The van der Waals surface area contributed by atoms with Gasteiger partial charge in [0.2, 0.25) is 0 Å². The number of rotatable bonds is 4. The largest absolute Gasteiger partial charge is 0.480 e. The molecule has 18 heavy (non-hydrogen) atoms. The summed E-state index contributed by atoms with van der Waals surface area (Å²) in [5.41, 5.74) is 3.41. The van der Waals surface area contributed by atoms with E-state index in [1.54, 1.807) is 0 Å². The van der Waals surface area contributed by atoms with E-state index in [9.17, 15) is 18.0 Å². The number of ketones is 1. The van der Waals surface area contributed by atoms with Crippen LogP contribution in [0.4, 0.5) is 0 Å². The summed E-state index contributed by atoms with van der Waals surface area (Å²) in [5, 5.41) is 8.82. The average Bonchev–Trinajstić information content (AvgIpc) is 2.26. The van der Waals surface area contributed by atoms with Gasteiger partial charge in [-0.2, -0.15) is 0 Å². The van der Waals surface area contributed by atoms with Crippen molar-refractivity contribution in [3.05, 3.63) is 29.8 Å². The first-order valence-electron chi connectivity index (χ1n) is 4.94. The highest BCUT2D eigenvalue weighted by atomic mass is 32.2. The number of carboxylic acids is 1. The summed E-state index contributed by atoms with van der Waals surface area (Å²) in [4.78, 5) is 22.7. The van der Waals surface area contributed by atoms with Crippen molar-refractivity contribution in [2.24, 2.45) is 5.73 Å². The Hall–Kier alpha value is -1.73. The summed E-state index contributed by atoms with van der Waals surface area (Å²) in [7, 11) is -3.36. The molecule has 1 atom stereocenters. The molecule has 0 saturated heterocycles. The van der Waals surface area contributed by atoms with Crippen LogP contribution in [0.2, 0.25) is 0 Å². The van der Waals surface area contributed by atoms with Crippen LogP contribution in [0.5, 0.6) is 0 Å². The molecule has 0 aliphatic rings. The minimum atomic E-state index is -3.36. The highest BCUT2D eigenvalue weighted by Crippen LogP contribution is 2.15. The number of carbonyl (C=O) groups is 2. The first-order valence-corrected chi connectivity index (χ1v) is 6.83. The third-order valence-electron chi connectivity index (χ3n) is 2.46. The Morgan fingerprint density at radius 2 is 1.67 bits per heavy atom. The third kappa shape index (κ3) is 2.74. The summed E-state index contributed by atoms with van der Waals surface area (Å²) >= 11 is 0. The van der Waals surface area contributed by atoms with Gasteiger partial charge in [0.05, 0.1) is 4.90 Å². The average molecular weight is 271 g/mol. The van der Waals surface area contributed by atoms with Crippen LogP contribution in [0.25, 0.3) is 0 Å². The Labute approximate surface area is 104 Å². The van der Waals surface area contributed by atoms with Crippen molar-refractivity contribution in [1.29, 1.82) is 0 Å². The summed E-state index contributed by atoms with van der Waals surface area (Å²) in [5.74, 6) is -2.23. The van der Waals surface area contributed by atoms with Crippen molar-refractivity contribution in [3.63, 3.8) is 0 Å².